The highest BCUT2D eigenvalue weighted by molar-refractivity contribution is 5.77. The fourth-order valence-corrected chi connectivity index (χ4v) is 2.73. The SMILES string of the molecule is CCN(CC)Cc1ccccc1CNC(=O)COc1cccc(C(F)(F)F)c1. The standard InChI is InChI=1S/C21H25F3N2O2/c1-3-26(4-2)14-17-9-6-5-8-16(17)13-25-20(27)15-28-19-11-7-10-18(12-19)21(22,23)24/h5-12H,3-4,13-15H2,1-2H3,(H,25,27). The Bertz CT molecular complexity index is 774. The van der Waals surface area contributed by atoms with Crippen LogP contribution >= 0.6 is 0 Å². The molecular weight excluding hydrogens is 369 g/mol. The predicted octanol–water partition coefficient (Wildman–Crippen LogP) is 4.24. The van der Waals surface area contributed by atoms with Crippen LogP contribution in [0.3, 0.4) is 0 Å². The molecule has 152 valence electrons. The first-order valence-corrected chi connectivity index (χ1v) is 9.19. The predicted molar refractivity (Wildman–Crippen MR) is 102 cm³/mol. The van der Waals surface area contributed by atoms with Gasteiger partial charge in [0.2, 0.25) is 0 Å². The van der Waals surface area contributed by atoms with Crippen LogP contribution in [0.5, 0.6) is 5.75 Å². The Morgan fingerprint density at radius 2 is 1.71 bits per heavy atom. The fraction of sp³-hybridized carbons (Fsp3) is 0.381. The Labute approximate surface area is 163 Å². The number of amides is 1. The molecule has 2 rings (SSSR count). The number of alkyl halides is 3. The summed E-state index contributed by atoms with van der Waals surface area (Å²) in [5.41, 5.74) is 1.32. The summed E-state index contributed by atoms with van der Waals surface area (Å²) in [5.74, 6) is -0.387. The van der Waals surface area contributed by atoms with Crippen molar-refractivity contribution >= 4 is 5.91 Å². The van der Waals surface area contributed by atoms with Gasteiger partial charge in [-0.15, -0.1) is 0 Å². The van der Waals surface area contributed by atoms with Crippen LogP contribution in [0, 0.1) is 0 Å². The van der Waals surface area contributed by atoms with E-state index in [1.807, 2.05) is 24.3 Å². The normalized spacial score (nSPS) is 11.5. The maximum absolute atomic E-state index is 12.7. The highest BCUT2D eigenvalue weighted by Crippen LogP contribution is 2.31. The van der Waals surface area contributed by atoms with E-state index in [1.54, 1.807) is 0 Å². The van der Waals surface area contributed by atoms with E-state index in [4.69, 9.17) is 4.74 Å². The van der Waals surface area contributed by atoms with Gasteiger partial charge in [0.05, 0.1) is 5.56 Å². The molecule has 0 fully saturated rings. The maximum atomic E-state index is 12.7. The van der Waals surface area contributed by atoms with E-state index in [9.17, 15) is 18.0 Å². The summed E-state index contributed by atoms with van der Waals surface area (Å²) in [6, 6.07) is 12.3. The van der Waals surface area contributed by atoms with E-state index in [0.717, 1.165) is 42.9 Å². The number of nitrogens with one attached hydrogen (secondary N) is 1. The lowest BCUT2D eigenvalue weighted by Crippen LogP contribution is -2.29. The summed E-state index contributed by atoms with van der Waals surface area (Å²) in [7, 11) is 0. The van der Waals surface area contributed by atoms with E-state index >= 15 is 0 Å². The summed E-state index contributed by atoms with van der Waals surface area (Å²) >= 11 is 0. The molecule has 1 amide bonds. The van der Waals surface area contributed by atoms with Crippen molar-refractivity contribution in [2.24, 2.45) is 0 Å². The van der Waals surface area contributed by atoms with Gasteiger partial charge >= 0.3 is 6.18 Å². The van der Waals surface area contributed by atoms with Gasteiger partial charge in [0.25, 0.3) is 5.91 Å². The van der Waals surface area contributed by atoms with Crippen LogP contribution in [-0.2, 0) is 24.1 Å². The molecule has 0 heterocycles. The van der Waals surface area contributed by atoms with Crippen molar-refractivity contribution in [1.82, 2.24) is 10.2 Å². The van der Waals surface area contributed by atoms with Crippen LogP contribution in [-0.4, -0.2) is 30.5 Å². The molecular formula is C21H25F3N2O2. The third-order valence-electron chi connectivity index (χ3n) is 4.41. The Morgan fingerprint density at radius 1 is 1.04 bits per heavy atom. The van der Waals surface area contributed by atoms with E-state index in [1.165, 1.54) is 12.1 Å². The lowest BCUT2D eigenvalue weighted by molar-refractivity contribution is -0.137. The molecule has 0 saturated heterocycles. The van der Waals surface area contributed by atoms with Gasteiger partial charge in [-0.1, -0.05) is 44.2 Å². The number of carbonyl (C=O) groups excluding carboxylic acids is 1. The Morgan fingerprint density at radius 3 is 2.36 bits per heavy atom. The number of halogens is 3. The average Bonchev–Trinajstić information content (AvgIpc) is 2.69. The quantitative estimate of drug-likeness (QED) is 0.692. The van der Waals surface area contributed by atoms with Crippen LogP contribution in [0.2, 0.25) is 0 Å². The van der Waals surface area contributed by atoms with Gasteiger partial charge in [-0.3, -0.25) is 9.69 Å². The first-order valence-electron chi connectivity index (χ1n) is 9.19. The van der Waals surface area contributed by atoms with Crippen LogP contribution < -0.4 is 10.1 Å². The summed E-state index contributed by atoms with van der Waals surface area (Å²) in [6.45, 7) is 6.84. The number of benzene rings is 2. The second kappa shape index (κ2) is 10.1. The van der Waals surface area contributed by atoms with Gasteiger partial charge in [0.1, 0.15) is 5.75 Å². The number of rotatable bonds is 9. The van der Waals surface area contributed by atoms with Gasteiger partial charge in [-0.25, -0.2) is 0 Å². The van der Waals surface area contributed by atoms with Gasteiger partial charge in [0, 0.05) is 13.1 Å². The molecule has 28 heavy (non-hydrogen) atoms. The van der Waals surface area contributed by atoms with Crippen molar-refractivity contribution in [2.75, 3.05) is 19.7 Å². The minimum Gasteiger partial charge on any atom is -0.484 e. The molecule has 0 atom stereocenters. The second-order valence-corrected chi connectivity index (χ2v) is 6.32. The van der Waals surface area contributed by atoms with Crippen molar-refractivity contribution < 1.29 is 22.7 Å². The van der Waals surface area contributed by atoms with Gasteiger partial charge in [-0.05, 0) is 42.4 Å². The Kier molecular flexibility index (Phi) is 7.87. The molecule has 0 radical (unpaired) electrons. The molecule has 0 spiro atoms. The molecule has 0 aliphatic rings. The Balaban J connectivity index is 1.90. The van der Waals surface area contributed by atoms with E-state index in [0.29, 0.717) is 6.54 Å². The number of ether oxygens (including phenoxy) is 1. The summed E-state index contributed by atoms with van der Waals surface area (Å²) in [4.78, 5) is 14.3. The zero-order valence-corrected chi connectivity index (χ0v) is 16.1. The highest BCUT2D eigenvalue weighted by atomic mass is 19.4. The third-order valence-corrected chi connectivity index (χ3v) is 4.41. The zero-order chi connectivity index (χ0) is 20.6. The van der Waals surface area contributed by atoms with Gasteiger partial charge in [0.15, 0.2) is 6.61 Å². The van der Waals surface area contributed by atoms with Crippen molar-refractivity contribution in [3.63, 3.8) is 0 Å². The molecule has 1 N–H and O–H groups in total. The molecule has 0 aromatic heterocycles. The summed E-state index contributed by atoms with van der Waals surface area (Å²) in [6.07, 6.45) is -4.45. The lowest BCUT2D eigenvalue weighted by Gasteiger charge is -2.20. The number of hydrogen-bond acceptors (Lipinski definition) is 3. The number of nitrogens with zero attached hydrogens (tertiary/aromatic N) is 1. The van der Waals surface area contributed by atoms with Crippen LogP contribution in [0.4, 0.5) is 13.2 Å². The molecule has 0 aliphatic carbocycles. The fourth-order valence-electron chi connectivity index (χ4n) is 2.73. The number of carbonyl (C=O) groups is 1. The van der Waals surface area contributed by atoms with Crippen LogP contribution in [0.25, 0.3) is 0 Å². The van der Waals surface area contributed by atoms with Crippen molar-refractivity contribution in [3.8, 4) is 5.75 Å². The molecule has 7 heteroatoms. The van der Waals surface area contributed by atoms with Crippen LogP contribution in [0.1, 0.15) is 30.5 Å². The highest BCUT2D eigenvalue weighted by Gasteiger charge is 2.30. The Hall–Kier alpha value is -2.54. The molecule has 0 unspecified atom stereocenters. The van der Waals surface area contributed by atoms with E-state index in [2.05, 4.69) is 24.1 Å². The average molecular weight is 394 g/mol. The zero-order valence-electron chi connectivity index (χ0n) is 16.1. The van der Waals surface area contributed by atoms with Crippen molar-refractivity contribution in [1.29, 1.82) is 0 Å². The molecule has 0 bridgehead atoms. The molecule has 2 aromatic carbocycles. The monoisotopic (exact) mass is 394 g/mol. The molecule has 0 aliphatic heterocycles. The lowest BCUT2D eigenvalue weighted by atomic mass is 10.1. The third kappa shape index (κ3) is 6.56. The maximum Gasteiger partial charge on any atom is 0.416 e. The first-order chi connectivity index (χ1) is 13.3. The second-order valence-electron chi connectivity index (χ2n) is 6.32. The molecule has 4 nitrogen and oxygen atoms in total. The van der Waals surface area contributed by atoms with E-state index < -0.39 is 17.6 Å². The van der Waals surface area contributed by atoms with Gasteiger partial charge < -0.3 is 10.1 Å². The summed E-state index contributed by atoms with van der Waals surface area (Å²) < 4.78 is 43.4. The van der Waals surface area contributed by atoms with Crippen molar-refractivity contribution in [3.05, 3.63) is 65.2 Å². The molecule has 0 saturated carbocycles. The van der Waals surface area contributed by atoms with E-state index in [-0.39, 0.29) is 12.4 Å². The topological polar surface area (TPSA) is 41.6 Å². The summed E-state index contributed by atoms with van der Waals surface area (Å²) in [5, 5.41) is 2.76. The minimum absolute atomic E-state index is 0.00640. The van der Waals surface area contributed by atoms with Gasteiger partial charge in [-0.2, -0.15) is 13.2 Å². The number of hydrogen-bond donors (Lipinski definition) is 1. The molecule has 2 aromatic rings. The minimum atomic E-state index is -4.45. The van der Waals surface area contributed by atoms with Crippen LogP contribution in [0.15, 0.2) is 48.5 Å². The smallest absolute Gasteiger partial charge is 0.416 e. The largest absolute Gasteiger partial charge is 0.484 e. The first kappa shape index (κ1) is 21.8. The van der Waals surface area contributed by atoms with Crippen molar-refractivity contribution in [2.45, 2.75) is 33.1 Å².